The van der Waals surface area contributed by atoms with Gasteiger partial charge in [-0.1, -0.05) is 31.3 Å². The third-order valence-electron chi connectivity index (χ3n) is 2.81. The minimum Gasteiger partial charge on any atom is -0.497 e. The second kappa shape index (κ2) is 6.57. The molecule has 0 aliphatic carbocycles. The van der Waals surface area contributed by atoms with Crippen molar-refractivity contribution >= 4 is 17.2 Å². The van der Waals surface area contributed by atoms with Crippen molar-refractivity contribution in [1.29, 1.82) is 0 Å². The summed E-state index contributed by atoms with van der Waals surface area (Å²) in [7, 11) is 3.71. The summed E-state index contributed by atoms with van der Waals surface area (Å²) in [6.07, 6.45) is 0.926. The van der Waals surface area contributed by atoms with Gasteiger partial charge in [0.05, 0.1) is 18.1 Å². The summed E-state index contributed by atoms with van der Waals surface area (Å²) in [4.78, 5) is 2.72. The van der Waals surface area contributed by atoms with Crippen LogP contribution in [0.2, 0.25) is 0 Å². The van der Waals surface area contributed by atoms with Crippen molar-refractivity contribution in [2.24, 2.45) is 5.73 Å². The zero-order valence-corrected chi connectivity index (χ0v) is 11.5. The molecular weight excluding hydrogens is 232 g/mol. The van der Waals surface area contributed by atoms with Gasteiger partial charge in [-0.2, -0.15) is 0 Å². The zero-order chi connectivity index (χ0) is 12.8. The quantitative estimate of drug-likeness (QED) is 0.788. The highest BCUT2D eigenvalue weighted by Gasteiger charge is 2.15. The van der Waals surface area contributed by atoms with Crippen LogP contribution in [-0.4, -0.2) is 30.1 Å². The minimum atomic E-state index is 0.149. The predicted molar refractivity (Wildman–Crippen MR) is 75.3 cm³/mol. The van der Waals surface area contributed by atoms with Crippen molar-refractivity contribution in [3.8, 4) is 5.75 Å². The summed E-state index contributed by atoms with van der Waals surface area (Å²) < 4.78 is 5.20. The average molecular weight is 252 g/mol. The number of nitrogens with zero attached hydrogens (tertiary/aromatic N) is 1. The molecule has 2 N–H and O–H groups in total. The first kappa shape index (κ1) is 13.9. The summed E-state index contributed by atoms with van der Waals surface area (Å²) in [6.45, 7) is 2.90. The number of hydrogen-bond acceptors (Lipinski definition) is 3. The van der Waals surface area contributed by atoms with Crippen LogP contribution in [0.5, 0.6) is 5.75 Å². The van der Waals surface area contributed by atoms with Gasteiger partial charge in [0.25, 0.3) is 0 Å². The summed E-state index contributed by atoms with van der Waals surface area (Å²) in [6, 6.07) is 8.18. The van der Waals surface area contributed by atoms with E-state index in [1.165, 1.54) is 5.56 Å². The lowest BCUT2D eigenvalue weighted by Crippen LogP contribution is -2.40. The largest absolute Gasteiger partial charge is 0.497 e. The molecule has 0 heterocycles. The first-order chi connectivity index (χ1) is 8.08. The Kier molecular flexibility index (Phi) is 5.38. The molecule has 1 aromatic rings. The monoisotopic (exact) mass is 252 g/mol. The number of nitrogens with two attached hydrogens (primary N) is 1. The van der Waals surface area contributed by atoms with Crippen LogP contribution >= 0.6 is 12.2 Å². The second-order valence-electron chi connectivity index (χ2n) is 4.09. The molecule has 0 bridgehead atoms. The number of thiocarbonyl (C=S) groups is 1. The van der Waals surface area contributed by atoms with E-state index < -0.39 is 0 Å². The summed E-state index contributed by atoms with van der Waals surface area (Å²) in [5, 5.41) is 0. The SMILES string of the molecule is CCC(C(N)=S)N(C)Cc1cccc(OC)c1. The standard InChI is InChI=1S/C13H20N2OS/c1-4-12(13(14)17)15(2)9-10-6-5-7-11(8-10)16-3/h5-8,12H,4,9H2,1-3H3,(H2,14,17). The Morgan fingerprint density at radius 1 is 1.53 bits per heavy atom. The molecule has 1 aromatic carbocycles. The van der Waals surface area contributed by atoms with Gasteiger partial charge in [0.1, 0.15) is 5.75 Å². The molecule has 17 heavy (non-hydrogen) atoms. The van der Waals surface area contributed by atoms with E-state index in [1.54, 1.807) is 7.11 Å². The Bertz CT molecular complexity index is 381. The highest BCUT2D eigenvalue weighted by atomic mass is 32.1. The van der Waals surface area contributed by atoms with Gasteiger partial charge in [-0.25, -0.2) is 0 Å². The lowest BCUT2D eigenvalue weighted by atomic mass is 10.1. The molecule has 0 spiro atoms. The topological polar surface area (TPSA) is 38.5 Å². The van der Waals surface area contributed by atoms with E-state index in [9.17, 15) is 0 Å². The summed E-state index contributed by atoms with van der Waals surface area (Å²) >= 11 is 5.07. The van der Waals surface area contributed by atoms with E-state index >= 15 is 0 Å². The van der Waals surface area contributed by atoms with E-state index in [1.807, 2.05) is 25.2 Å². The fourth-order valence-electron chi connectivity index (χ4n) is 1.90. The molecule has 1 rings (SSSR count). The number of ether oxygens (including phenoxy) is 1. The lowest BCUT2D eigenvalue weighted by molar-refractivity contribution is 0.283. The van der Waals surface area contributed by atoms with E-state index in [0.717, 1.165) is 18.7 Å². The minimum absolute atomic E-state index is 0.149. The summed E-state index contributed by atoms with van der Waals surface area (Å²) in [5.74, 6) is 0.874. The lowest BCUT2D eigenvalue weighted by Gasteiger charge is -2.26. The molecule has 0 aromatic heterocycles. The van der Waals surface area contributed by atoms with Gasteiger partial charge in [-0.3, -0.25) is 4.90 Å². The van der Waals surface area contributed by atoms with Crippen LogP contribution in [0.3, 0.4) is 0 Å². The van der Waals surface area contributed by atoms with Crippen molar-refractivity contribution < 1.29 is 4.74 Å². The van der Waals surface area contributed by atoms with Gasteiger partial charge < -0.3 is 10.5 Å². The molecule has 0 saturated heterocycles. The fourth-order valence-corrected chi connectivity index (χ4v) is 2.25. The first-order valence-electron chi connectivity index (χ1n) is 5.71. The highest BCUT2D eigenvalue weighted by Crippen LogP contribution is 2.15. The average Bonchev–Trinajstić information content (AvgIpc) is 2.29. The molecule has 3 nitrogen and oxygen atoms in total. The maximum atomic E-state index is 5.72. The number of hydrogen-bond donors (Lipinski definition) is 1. The van der Waals surface area contributed by atoms with E-state index in [0.29, 0.717) is 4.99 Å². The molecule has 0 aliphatic heterocycles. The second-order valence-corrected chi connectivity index (χ2v) is 4.56. The van der Waals surface area contributed by atoms with Crippen molar-refractivity contribution in [2.75, 3.05) is 14.2 Å². The molecule has 0 aliphatic rings. The van der Waals surface area contributed by atoms with Crippen LogP contribution in [0.25, 0.3) is 0 Å². The van der Waals surface area contributed by atoms with Gasteiger partial charge in [-0.05, 0) is 31.2 Å². The third kappa shape index (κ3) is 3.98. The van der Waals surface area contributed by atoms with Gasteiger partial charge in [-0.15, -0.1) is 0 Å². The Morgan fingerprint density at radius 3 is 2.76 bits per heavy atom. The molecule has 1 unspecified atom stereocenters. The molecular formula is C13H20N2OS. The Morgan fingerprint density at radius 2 is 2.24 bits per heavy atom. The van der Waals surface area contributed by atoms with Crippen LogP contribution in [-0.2, 0) is 6.54 Å². The number of likely N-dealkylation sites (N-methyl/N-ethyl adjacent to an activating group) is 1. The van der Waals surface area contributed by atoms with Crippen LogP contribution in [0.4, 0.5) is 0 Å². The van der Waals surface area contributed by atoms with E-state index in [2.05, 4.69) is 17.9 Å². The molecule has 0 radical (unpaired) electrons. The third-order valence-corrected chi connectivity index (χ3v) is 3.09. The predicted octanol–water partition coefficient (Wildman–Crippen LogP) is 2.19. The zero-order valence-electron chi connectivity index (χ0n) is 10.6. The normalized spacial score (nSPS) is 12.5. The number of benzene rings is 1. The van der Waals surface area contributed by atoms with Crippen LogP contribution < -0.4 is 10.5 Å². The van der Waals surface area contributed by atoms with Crippen molar-refractivity contribution in [1.82, 2.24) is 4.90 Å². The Balaban J connectivity index is 2.72. The molecule has 0 fully saturated rings. The Hall–Kier alpha value is -1.13. The van der Waals surface area contributed by atoms with E-state index in [-0.39, 0.29) is 6.04 Å². The van der Waals surface area contributed by atoms with E-state index in [4.69, 9.17) is 22.7 Å². The van der Waals surface area contributed by atoms with Gasteiger partial charge in [0, 0.05) is 6.54 Å². The molecule has 1 atom stereocenters. The molecule has 0 amide bonds. The van der Waals surface area contributed by atoms with Crippen LogP contribution in [0.15, 0.2) is 24.3 Å². The molecule has 94 valence electrons. The maximum absolute atomic E-state index is 5.72. The maximum Gasteiger partial charge on any atom is 0.119 e. The smallest absolute Gasteiger partial charge is 0.119 e. The van der Waals surface area contributed by atoms with Gasteiger partial charge in [0.15, 0.2) is 0 Å². The first-order valence-corrected chi connectivity index (χ1v) is 6.11. The van der Waals surface area contributed by atoms with Gasteiger partial charge >= 0.3 is 0 Å². The Labute approximate surface area is 109 Å². The fraction of sp³-hybridized carbons (Fsp3) is 0.462. The van der Waals surface area contributed by atoms with Crippen molar-refractivity contribution in [3.05, 3.63) is 29.8 Å². The van der Waals surface area contributed by atoms with Crippen molar-refractivity contribution in [3.63, 3.8) is 0 Å². The van der Waals surface area contributed by atoms with Crippen LogP contribution in [0.1, 0.15) is 18.9 Å². The highest BCUT2D eigenvalue weighted by molar-refractivity contribution is 7.80. The van der Waals surface area contributed by atoms with Crippen molar-refractivity contribution in [2.45, 2.75) is 25.9 Å². The van der Waals surface area contributed by atoms with Gasteiger partial charge in [0.2, 0.25) is 0 Å². The molecule has 4 heteroatoms. The number of rotatable bonds is 6. The number of methoxy groups -OCH3 is 1. The summed E-state index contributed by atoms with van der Waals surface area (Å²) in [5.41, 5.74) is 6.92. The molecule has 0 saturated carbocycles. The van der Waals surface area contributed by atoms with Crippen LogP contribution in [0, 0.1) is 0 Å².